The maximum Gasteiger partial charge on any atom is 0.292 e. The Morgan fingerprint density at radius 1 is 1.17 bits per heavy atom. The molecule has 0 aliphatic heterocycles. The number of nitro groups is 1. The van der Waals surface area contributed by atoms with Crippen LogP contribution in [0.3, 0.4) is 0 Å². The molecule has 0 saturated heterocycles. The third-order valence-corrected chi connectivity index (χ3v) is 3.22. The quantitative estimate of drug-likeness (QED) is 0.235. The molecule has 1 aromatic carbocycles. The van der Waals surface area contributed by atoms with E-state index < -0.39 is 4.92 Å². The van der Waals surface area contributed by atoms with E-state index in [2.05, 4.69) is 25.9 Å². The van der Waals surface area contributed by atoms with Crippen molar-refractivity contribution in [1.29, 1.82) is 0 Å². The number of rotatable bonds is 7. The van der Waals surface area contributed by atoms with Crippen molar-refractivity contribution in [1.82, 2.24) is 15.6 Å². The predicted octanol–water partition coefficient (Wildman–Crippen LogP) is 1.77. The highest BCUT2D eigenvalue weighted by atomic mass is 16.6. The van der Waals surface area contributed by atoms with E-state index in [1.165, 1.54) is 6.07 Å². The topological polar surface area (TPSA) is 104 Å². The van der Waals surface area contributed by atoms with Gasteiger partial charge in [0.25, 0.3) is 5.69 Å². The van der Waals surface area contributed by atoms with Crippen molar-refractivity contribution in [3.8, 4) is 0 Å². The number of hydrogen-bond acceptors (Lipinski definition) is 5. The van der Waals surface area contributed by atoms with Crippen LogP contribution in [0.15, 0.2) is 53.7 Å². The van der Waals surface area contributed by atoms with Crippen molar-refractivity contribution in [3.63, 3.8) is 0 Å². The van der Waals surface area contributed by atoms with Crippen molar-refractivity contribution in [2.45, 2.75) is 6.54 Å². The molecule has 8 heteroatoms. The molecule has 0 bridgehead atoms. The van der Waals surface area contributed by atoms with Crippen LogP contribution in [0.4, 0.5) is 11.4 Å². The van der Waals surface area contributed by atoms with Gasteiger partial charge in [0.15, 0.2) is 5.96 Å². The van der Waals surface area contributed by atoms with Gasteiger partial charge in [0, 0.05) is 32.4 Å². The predicted molar refractivity (Wildman–Crippen MR) is 94.0 cm³/mol. The Balaban J connectivity index is 1.75. The van der Waals surface area contributed by atoms with E-state index in [9.17, 15) is 10.1 Å². The number of pyridine rings is 1. The smallest absolute Gasteiger partial charge is 0.292 e. The second kappa shape index (κ2) is 9.09. The second-order valence-electron chi connectivity index (χ2n) is 4.87. The molecular formula is C16H20N6O2. The highest BCUT2D eigenvalue weighted by molar-refractivity contribution is 5.79. The number of para-hydroxylation sites is 2. The first kappa shape index (κ1) is 17.2. The molecule has 0 unspecified atom stereocenters. The molecule has 24 heavy (non-hydrogen) atoms. The normalized spacial score (nSPS) is 11.0. The molecule has 126 valence electrons. The van der Waals surface area contributed by atoms with Crippen LogP contribution in [0.5, 0.6) is 0 Å². The molecule has 0 radical (unpaired) electrons. The first-order chi connectivity index (χ1) is 11.7. The van der Waals surface area contributed by atoms with Crippen LogP contribution < -0.4 is 16.0 Å². The van der Waals surface area contributed by atoms with Crippen LogP contribution >= 0.6 is 0 Å². The van der Waals surface area contributed by atoms with E-state index in [0.717, 1.165) is 5.69 Å². The van der Waals surface area contributed by atoms with Gasteiger partial charge in [0.2, 0.25) is 0 Å². The van der Waals surface area contributed by atoms with Crippen molar-refractivity contribution in [2.24, 2.45) is 4.99 Å². The average Bonchev–Trinajstić information content (AvgIpc) is 2.62. The summed E-state index contributed by atoms with van der Waals surface area (Å²) in [5.41, 5.74) is 1.48. The van der Waals surface area contributed by atoms with Gasteiger partial charge in [-0.2, -0.15) is 0 Å². The summed E-state index contributed by atoms with van der Waals surface area (Å²) >= 11 is 0. The zero-order valence-corrected chi connectivity index (χ0v) is 13.4. The zero-order chi connectivity index (χ0) is 17.2. The number of aromatic nitrogens is 1. The van der Waals surface area contributed by atoms with Gasteiger partial charge in [-0.25, -0.2) is 0 Å². The number of nitrogens with zero attached hydrogens (tertiary/aromatic N) is 3. The third kappa shape index (κ3) is 5.24. The summed E-state index contributed by atoms with van der Waals surface area (Å²) in [5, 5.41) is 20.3. The molecule has 1 aromatic heterocycles. The Bertz CT molecular complexity index is 690. The maximum absolute atomic E-state index is 10.9. The molecule has 0 fully saturated rings. The Labute approximate surface area is 140 Å². The number of nitrogens with one attached hydrogen (secondary N) is 3. The molecule has 2 aromatic rings. The summed E-state index contributed by atoms with van der Waals surface area (Å²) in [7, 11) is 1.68. The number of anilines is 1. The maximum atomic E-state index is 10.9. The summed E-state index contributed by atoms with van der Waals surface area (Å²) in [4.78, 5) is 18.9. The Morgan fingerprint density at radius 3 is 2.67 bits per heavy atom. The summed E-state index contributed by atoms with van der Waals surface area (Å²) in [5.74, 6) is 0.644. The van der Waals surface area contributed by atoms with Gasteiger partial charge in [-0.15, -0.1) is 0 Å². The number of guanidine groups is 1. The molecule has 0 aliphatic rings. The fourth-order valence-corrected chi connectivity index (χ4v) is 2.06. The molecule has 0 saturated carbocycles. The summed E-state index contributed by atoms with van der Waals surface area (Å²) < 4.78 is 0. The summed E-state index contributed by atoms with van der Waals surface area (Å²) in [6, 6.07) is 12.3. The molecule has 1 heterocycles. The number of hydrogen-bond donors (Lipinski definition) is 3. The van der Waals surface area contributed by atoms with Crippen molar-refractivity contribution in [3.05, 3.63) is 64.5 Å². The lowest BCUT2D eigenvalue weighted by molar-refractivity contribution is -0.384. The van der Waals surface area contributed by atoms with Crippen LogP contribution in [0, 0.1) is 10.1 Å². The minimum Gasteiger partial charge on any atom is -0.378 e. The van der Waals surface area contributed by atoms with Crippen molar-refractivity contribution >= 4 is 17.3 Å². The van der Waals surface area contributed by atoms with Gasteiger partial charge in [0.05, 0.1) is 17.2 Å². The average molecular weight is 328 g/mol. The van der Waals surface area contributed by atoms with Crippen LogP contribution in [0.25, 0.3) is 0 Å². The largest absolute Gasteiger partial charge is 0.378 e. The number of aliphatic imine (C=N–C) groups is 1. The van der Waals surface area contributed by atoms with E-state index in [0.29, 0.717) is 31.3 Å². The van der Waals surface area contributed by atoms with Crippen LogP contribution in [-0.4, -0.2) is 36.0 Å². The van der Waals surface area contributed by atoms with Gasteiger partial charge in [-0.3, -0.25) is 20.1 Å². The highest BCUT2D eigenvalue weighted by Gasteiger charge is 2.11. The Hall–Kier alpha value is -3.16. The molecule has 3 N–H and O–H groups in total. The van der Waals surface area contributed by atoms with E-state index in [4.69, 9.17) is 0 Å². The molecule has 0 atom stereocenters. The van der Waals surface area contributed by atoms with E-state index in [-0.39, 0.29) is 5.69 Å². The van der Waals surface area contributed by atoms with Crippen molar-refractivity contribution in [2.75, 3.05) is 25.5 Å². The third-order valence-electron chi connectivity index (χ3n) is 3.22. The standard InChI is InChI=1S/C16H20N6O2/c1-17-16(21-12-13-6-4-5-9-18-13)20-11-10-19-14-7-2-3-8-15(14)22(23)24/h2-9,19H,10-12H2,1H3,(H2,17,20,21). The lowest BCUT2D eigenvalue weighted by atomic mass is 10.2. The first-order valence-corrected chi connectivity index (χ1v) is 7.52. The number of nitro benzene ring substituents is 1. The zero-order valence-electron chi connectivity index (χ0n) is 13.4. The summed E-state index contributed by atoms with van der Waals surface area (Å²) in [6.07, 6.45) is 1.74. The SMILES string of the molecule is CN=C(NCCNc1ccccc1[N+](=O)[O-])NCc1ccccn1. The van der Waals surface area contributed by atoms with Crippen LogP contribution in [0.2, 0.25) is 0 Å². The van der Waals surface area contributed by atoms with E-state index in [1.54, 1.807) is 31.4 Å². The van der Waals surface area contributed by atoms with Crippen molar-refractivity contribution < 1.29 is 4.92 Å². The molecule has 8 nitrogen and oxygen atoms in total. The van der Waals surface area contributed by atoms with E-state index >= 15 is 0 Å². The van der Waals surface area contributed by atoms with Gasteiger partial charge >= 0.3 is 0 Å². The van der Waals surface area contributed by atoms with Gasteiger partial charge < -0.3 is 16.0 Å². The summed E-state index contributed by atoms with van der Waals surface area (Å²) in [6.45, 7) is 1.65. The molecule has 0 aliphatic carbocycles. The Kier molecular flexibility index (Phi) is 6.51. The number of benzene rings is 1. The Morgan fingerprint density at radius 2 is 1.96 bits per heavy atom. The van der Waals surface area contributed by atoms with E-state index in [1.807, 2.05) is 18.2 Å². The van der Waals surface area contributed by atoms with Crippen LogP contribution in [0.1, 0.15) is 5.69 Å². The monoisotopic (exact) mass is 328 g/mol. The van der Waals surface area contributed by atoms with Crippen LogP contribution in [-0.2, 0) is 6.54 Å². The highest BCUT2D eigenvalue weighted by Crippen LogP contribution is 2.22. The van der Waals surface area contributed by atoms with Gasteiger partial charge in [-0.05, 0) is 18.2 Å². The van der Waals surface area contributed by atoms with Gasteiger partial charge in [0.1, 0.15) is 5.69 Å². The van der Waals surface area contributed by atoms with Gasteiger partial charge in [-0.1, -0.05) is 18.2 Å². The second-order valence-corrected chi connectivity index (χ2v) is 4.87. The minimum atomic E-state index is -0.400. The minimum absolute atomic E-state index is 0.0650. The molecule has 2 rings (SSSR count). The first-order valence-electron chi connectivity index (χ1n) is 7.52. The molecule has 0 spiro atoms. The molecular weight excluding hydrogens is 308 g/mol. The fourth-order valence-electron chi connectivity index (χ4n) is 2.06. The molecule has 0 amide bonds. The fraction of sp³-hybridized carbons (Fsp3) is 0.250. The lowest BCUT2D eigenvalue weighted by Crippen LogP contribution is -2.39. The lowest BCUT2D eigenvalue weighted by Gasteiger charge is -2.12.